The van der Waals surface area contributed by atoms with Gasteiger partial charge in [0.2, 0.25) is 0 Å². The van der Waals surface area contributed by atoms with Crippen LogP contribution in [0.2, 0.25) is 0 Å². The maximum absolute atomic E-state index is 13.4. The van der Waals surface area contributed by atoms with E-state index in [1.165, 1.54) is 16.2 Å². The molecular formula is C22H26N4O2S. The van der Waals surface area contributed by atoms with Crippen molar-refractivity contribution < 1.29 is 9.53 Å². The maximum atomic E-state index is 13.4. The lowest BCUT2D eigenvalue weighted by Gasteiger charge is -2.25. The fourth-order valence-corrected chi connectivity index (χ4v) is 5.29. The Bertz CT molecular complexity index is 1020. The van der Waals surface area contributed by atoms with Crippen LogP contribution in [0.3, 0.4) is 0 Å². The first-order valence-corrected chi connectivity index (χ1v) is 10.7. The van der Waals surface area contributed by atoms with Gasteiger partial charge in [0, 0.05) is 43.7 Å². The highest BCUT2D eigenvalue weighted by molar-refractivity contribution is 7.20. The highest BCUT2D eigenvalue weighted by Crippen LogP contribution is 2.38. The van der Waals surface area contributed by atoms with Crippen LogP contribution in [-0.4, -0.2) is 48.4 Å². The SMILES string of the molecule is Cc1c(C(=O)N(C=N)C2=CCC3(CC=C2)CCCO3)sc2nccc(N(C)C)c12. The van der Waals surface area contributed by atoms with E-state index in [0.29, 0.717) is 4.88 Å². The topological polar surface area (TPSA) is 69.5 Å². The number of fused-ring (bicyclic) bond motifs is 1. The van der Waals surface area contributed by atoms with E-state index in [0.717, 1.165) is 65.8 Å². The van der Waals surface area contributed by atoms with Crippen molar-refractivity contribution in [1.82, 2.24) is 9.88 Å². The molecule has 2 aliphatic rings. The van der Waals surface area contributed by atoms with E-state index < -0.39 is 0 Å². The molecule has 0 aromatic carbocycles. The zero-order valence-electron chi connectivity index (χ0n) is 17.1. The predicted molar refractivity (Wildman–Crippen MR) is 118 cm³/mol. The molecule has 4 rings (SSSR count). The van der Waals surface area contributed by atoms with Crippen LogP contribution in [0.1, 0.15) is 40.9 Å². The number of amides is 1. The van der Waals surface area contributed by atoms with Crippen LogP contribution in [0.25, 0.3) is 10.2 Å². The lowest BCUT2D eigenvalue weighted by Crippen LogP contribution is -2.28. The number of carbonyl (C=O) groups excluding carboxylic acids is 1. The quantitative estimate of drug-likeness (QED) is 0.595. The lowest BCUT2D eigenvalue weighted by molar-refractivity contribution is 0.00951. The summed E-state index contributed by atoms with van der Waals surface area (Å²) in [6, 6.07) is 1.96. The summed E-state index contributed by atoms with van der Waals surface area (Å²) >= 11 is 1.39. The van der Waals surface area contributed by atoms with E-state index in [1.807, 2.05) is 44.1 Å². The second kappa shape index (κ2) is 7.72. The van der Waals surface area contributed by atoms with Crippen LogP contribution in [0, 0.1) is 12.3 Å². The second-order valence-corrected chi connectivity index (χ2v) is 8.84. The van der Waals surface area contributed by atoms with E-state index in [4.69, 9.17) is 10.1 Å². The number of nitrogens with zero attached hydrogens (tertiary/aromatic N) is 3. The van der Waals surface area contributed by atoms with Gasteiger partial charge in [0.25, 0.3) is 5.91 Å². The van der Waals surface area contributed by atoms with Gasteiger partial charge in [-0.1, -0.05) is 12.2 Å². The van der Waals surface area contributed by atoms with Gasteiger partial charge in [-0.05, 0) is 50.3 Å². The van der Waals surface area contributed by atoms with Crippen molar-refractivity contribution in [2.24, 2.45) is 0 Å². The summed E-state index contributed by atoms with van der Waals surface area (Å²) in [6.45, 7) is 2.76. The van der Waals surface area contributed by atoms with Gasteiger partial charge in [0.15, 0.2) is 0 Å². The molecular weight excluding hydrogens is 384 g/mol. The molecule has 7 heteroatoms. The number of rotatable bonds is 4. The number of allylic oxidation sites excluding steroid dienone is 1. The summed E-state index contributed by atoms with van der Waals surface area (Å²) in [7, 11) is 3.97. The molecule has 2 aromatic heterocycles. The number of hydrogen-bond acceptors (Lipinski definition) is 6. The second-order valence-electron chi connectivity index (χ2n) is 7.84. The average Bonchev–Trinajstić information content (AvgIpc) is 3.24. The van der Waals surface area contributed by atoms with Gasteiger partial charge in [-0.15, -0.1) is 11.3 Å². The highest BCUT2D eigenvalue weighted by atomic mass is 32.1. The normalized spacial score (nSPS) is 21.3. The predicted octanol–water partition coefficient (Wildman–Crippen LogP) is 4.50. The molecule has 1 aliphatic heterocycles. The van der Waals surface area contributed by atoms with Crippen LogP contribution < -0.4 is 4.90 Å². The van der Waals surface area contributed by atoms with E-state index >= 15 is 0 Å². The number of thiophene rings is 1. The molecule has 1 unspecified atom stereocenters. The Morgan fingerprint density at radius 2 is 2.21 bits per heavy atom. The molecule has 1 atom stereocenters. The van der Waals surface area contributed by atoms with Crippen LogP contribution in [-0.2, 0) is 4.74 Å². The molecule has 1 spiro atoms. The monoisotopic (exact) mass is 410 g/mol. The van der Waals surface area contributed by atoms with Gasteiger partial charge in [0.05, 0.1) is 16.8 Å². The van der Waals surface area contributed by atoms with Gasteiger partial charge in [-0.2, -0.15) is 0 Å². The standard InChI is InChI=1S/C22H26N4O2S/c1-15-18-17(25(2)3)8-12-24-20(18)29-19(15)21(27)26(14-23)16-6-4-9-22(11-7-16)10-5-13-28-22/h4,6-8,12,14,23H,5,9-11,13H2,1-3H3. The molecule has 1 fully saturated rings. The molecule has 6 nitrogen and oxygen atoms in total. The smallest absolute Gasteiger partial charge is 0.273 e. The van der Waals surface area contributed by atoms with Crippen LogP contribution >= 0.6 is 11.3 Å². The van der Waals surface area contributed by atoms with Crippen molar-refractivity contribution in [1.29, 1.82) is 5.41 Å². The van der Waals surface area contributed by atoms with Gasteiger partial charge in [-0.25, -0.2) is 4.98 Å². The lowest BCUT2D eigenvalue weighted by atomic mass is 9.93. The summed E-state index contributed by atoms with van der Waals surface area (Å²) < 4.78 is 6.00. The molecule has 152 valence electrons. The highest BCUT2D eigenvalue weighted by Gasteiger charge is 2.34. The minimum Gasteiger partial charge on any atom is -0.377 e. The van der Waals surface area contributed by atoms with Crippen molar-refractivity contribution in [3.8, 4) is 0 Å². The molecule has 3 heterocycles. The Morgan fingerprint density at radius 3 is 2.90 bits per heavy atom. The maximum Gasteiger partial charge on any atom is 0.273 e. The molecule has 0 saturated carbocycles. The van der Waals surface area contributed by atoms with Crippen LogP contribution in [0.5, 0.6) is 0 Å². The van der Waals surface area contributed by atoms with Crippen molar-refractivity contribution in [3.63, 3.8) is 0 Å². The van der Waals surface area contributed by atoms with Crippen molar-refractivity contribution in [2.75, 3.05) is 25.6 Å². The zero-order chi connectivity index (χ0) is 20.6. The summed E-state index contributed by atoms with van der Waals surface area (Å²) in [5.41, 5.74) is 2.54. The number of aromatic nitrogens is 1. The fraction of sp³-hybridized carbons (Fsp3) is 0.409. The van der Waals surface area contributed by atoms with Gasteiger partial charge in [-0.3, -0.25) is 15.1 Å². The summed E-state index contributed by atoms with van der Waals surface area (Å²) in [5, 5.41) is 8.92. The van der Waals surface area contributed by atoms with Crippen LogP contribution in [0.4, 0.5) is 5.69 Å². The Kier molecular flexibility index (Phi) is 5.27. The van der Waals surface area contributed by atoms with E-state index in [1.54, 1.807) is 6.20 Å². The number of nitrogens with one attached hydrogen (secondary N) is 1. The molecule has 1 amide bonds. The third kappa shape index (κ3) is 3.49. The summed E-state index contributed by atoms with van der Waals surface area (Å²) in [5.74, 6) is -0.190. The van der Waals surface area contributed by atoms with Crippen molar-refractivity contribution >= 4 is 39.5 Å². The van der Waals surface area contributed by atoms with Crippen molar-refractivity contribution in [2.45, 2.75) is 38.2 Å². The molecule has 2 aromatic rings. The molecule has 29 heavy (non-hydrogen) atoms. The minimum atomic E-state index is -0.190. The number of carbonyl (C=O) groups is 1. The Morgan fingerprint density at radius 1 is 1.38 bits per heavy atom. The largest absolute Gasteiger partial charge is 0.377 e. The van der Waals surface area contributed by atoms with E-state index in [-0.39, 0.29) is 11.5 Å². The molecule has 1 saturated heterocycles. The minimum absolute atomic E-state index is 0.146. The van der Waals surface area contributed by atoms with Gasteiger partial charge >= 0.3 is 0 Å². The Hall–Kier alpha value is -2.51. The summed E-state index contributed by atoms with van der Waals surface area (Å²) in [6.07, 6.45) is 12.6. The third-order valence-corrected chi connectivity index (χ3v) is 6.95. The summed E-state index contributed by atoms with van der Waals surface area (Å²) in [4.78, 5) is 22.8. The first-order valence-electron chi connectivity index (χ1n) is 9.86. The number of ether oxygens (including phenoxy) is 1. The van der Waals surface area contributed by atoms with Gasteiger partial charge in [0.1, 0.15) is 4.83 Å². The number of hydrogen-bond donors (Lipinski definition) is 1. The van der Waals surface area contributed by atoms with E-state index in [9.17, 15) is 4.79 Å². The van der Waals surface area contributed by atoms with Crippen LogP contribution in [0.15, 0.2) is 36.2 Å². The van der Waals surface area contributed by atoms with Crippen molar-refractivity contribution in [3.05, 3.63) is 46.6 Å². The Labute approximate surface area is 175 Å². The zero-order valence-corrected chi connectivity index (χ0v) is 17.9. The molecule has 1 aliphatic carbocycles. The first-order chi connectivity index (χ1) is 14.0. The number of pyridine rings is 1. The third-order valence-electron chi connectivity index (χ3n) is 5.76. The Balaban J connectivity index is 1.69. The molecule has 0 radical (unpaired) electrons. The fourth-order valence-electron chi connectivity index (χ4n) is 4.18. The molecule has 0 bridgehead atoms. The first kappa shape index (κ1) is 19.8. The number of aryl methyl sites for hydroxylation is 1. The number of anilines is 1. The molecule has 1 N–H and O–H groups in total. The average molecular weight is 411 g/mol. The van der Waals surface area contributed by atoms with Gasteiger partial charge < -0.3 is 9.64 Å². The van der Waals surface area contributed by atoms with E-state index in [2.05, 4.69) is 11.1 Å².